The molecular formula is C20H25N3O3S. The molecule has 1 aliphatic heterocycles. The SMILES string of the molecule is CCN(c1ccccc1)c1cncc(C(=O)N(CC)C2CCS(=O)(=O)C2)c1. The number of para-hydroxylation sites is 1. The molecule has 0 radical (unpaired) electrons. The van der Waals surface area contributed by atoms with E-state index in [2.05, 4.69) is 9.88 Å². The number of carbonyl (C=O) groups is 1. The lowest BCUT2D eigenvalue weighted by atomic mass is 10.1. The lowest BCUT2D eigenvalue weighted by Gasteiger charge is -2.28. The molecule has 6 nitrogen and oxygen atoms in total. The maximum atomic E-state index is 13.0. The van der Waals surface area contributed by atoms with E-state index >= 15 is 0 Å². The summed E-state index contributed by atoms with van der Waals surface area (Å²) in [6, 6.07) is 11.5. The van der Waals surface area contributed by atoms with Crippen LogP contribution in [0.3, 0.4) is 0 Å². The van der Waals surface area contributed by atoms with Gasteiger partial charge in [0, 0.05) is 31.0 Å². The van der Waals surface area contributed by atoms with E-state index in [1.807, 2.05) is 50.2 Å². The van der Waals surface area contributed by atoms with Gasteiger partial charge in [-0.1, -0.05) is 18.2 Å². The van der Waals surface area contributed by atoms with Gasteiger partial charge in [0.05, 0.1) is 29.0 Å². The van der Waals surface area contributed by atoms with Crippen LogP contribution in [0.15, 0.2) is 48.8 Å². The third-order valence-electron chi connectivity index (χ3n) is 4.92. The summed E-state index contributed by atoms with van der Waals surface area (Å²) in [4.78, 5) is 21.1. The van der Waals surface area contributed by atoms with Crippen molar-refractivity contribution in [3.8, 4) is 0 Å². The standard InChI is InChI=1S/C20H25N3O3S/c1-3-22(17-8-6-5-7-9-17)19-12-16(13-21-14-19)20(24)23(4-2)18-10-11-27(25,26)15-18/h5-9,12-14,18H,3-4,10-11,15H2,1-2H3. The molecule has 1 unspecified atom stereocenters. The van der Waals surface area contributed by atoms with Crippen molar-refractivity contribution >= 4 is 27.1 Å². The van der Waals surface area contributed by atoms with Crippen LogP contribution in [0.4, 0.5) is 11.4 Å². The molecule has 0 N–H and O–H groups in total. The van der Waals surface area contributed by atoms with Crippen LogP contribution < -0.4 is 4.90 Å². The molecule has 0 saturated carbocycles. The highest BCUT2D eigenvalue weighted by atomic mass is 32.2. The summed E-state index contributed by atoms with van der Waals surface area (Å²) in [5.74, 6) is 0.0281. The van der Waals surface area contributed by atoms with E-state index in [1.54, 1.807) is 17.3 Å². The molecule has 1 saturated heterocycles. The first-order valence-corrected chi connectivity index (χ1v) is 11.1. The predicted molar refractivity (Wildman–Crippen MR) is 107 cm³/mol. The third kappa shape index (κ3) is 4.30. The lowest BCUT2D eigenvalue weighted by Crippen LogP contribution is -2.41. The van der Waals surface area contributed by atoms with Crippen molar-refractivity contribution in [3.05, 3.63) is 54.4 Å². The largest absolute Gasteiger partial charge is 0.340 e. The number of amides is 1. The van der Waals surface area contributed by atoms with E-state index in [9.17, 15) is 13.2 Å². The van der Waals surface area contributed by atoms with E-state index in [-0.39, 0.29) is 23.5 Å². The predicted octanol–water partition coefficient (Wildman–Crippen LogP) is 2.89. The highest BCUT2D eigenvalue weighted by Gasteiger charge is 2.34. The van der Waals surface area contributed by atoms with Crippen LogP contribution >= 0.6 is 0 Å². The second-order valence-corrected chi connectivity index (χ2v) is 8.89. The second-order valence-electron chi connectivity index (χ2n) is 6.66. The zero-order valence-electron chi connectivity index (χ0n) is 15.7. The molecule has 27 heavy (non-hydrogen) atoms. The van der Waals surface area contributed by atoms with Crippen LogP contribution in [0.5, 0.6) is 0 Å². The van der Waals surface area contributed by atoms with Gasteiger partial charge in [-0.3, -0.25) is 9.78 Å². The molecule has 1 aliphatic rings. The highest BCUT2D eigenvalue weighted by molar-refractivity contribution is 7.91. The summed E-state index contributed by atoms with van der Waals surface area (Å²) in [5.41, 5.74) is 2.35. The van der Waals surface area contributed by atoms with Gasteiger partial charge in [0.15, 0.2) is 9.84 Å². The number of sulfone groups is 1. The van der Waals surface area contributed by atoms with E-state index in [0.29, 0.717) is 18.5 Å². The lowest BCUT2D eigenvalue weighted by molar-refractivity contribution is 0.0708. The van der Waals surface area contributed by atoms with E-state index in [1.165, 1.54) is 0 Å². The molecule has 1 fully saturated rings. The summed E-state index contributed by atoms with van der Waals surface area (Å²) in [6.07, 6.45) is 3.79. The molecule has 1 atom stereocenters. The summed E-state index contributed by atoms with van der Waals surface area (Å²) in [7, 11) is -3.05. The van der Waals surface area contributed by atoms with Crippen molar-refractivity contribution < 1.29 is 13.2 Å². The van der Waals surface area contributed by atoms with Crippen LogP contribution in [-0.4, -0.2) is 54.8 Å². The van der Waals surface area contributed by atoms with Crippen molar-refractivity contribution in [3.63, 3.8) is 0 Å². The van der Waals surface area contributed by atoms with Gasteiger partial charge in [0.2, 0.25) is 0 Å². The van der Waals surface area contributed by atoms with Crippen molar-refractivity contribution in [1.29, 1.82) is 0 Å². The summed E-state index contributed by atoms with van der Waals surface area (Å²) in [6.45, 7) is 5.13. The number of nitrogens with zero attached hydrogens (tertiary/aromatic N) is 3. The number of carbonyl (C=O) groups excluding carboxylic acids is 1. The van der Waals surface area contributed by atoms with Crippen molar-refractivity contribution in [2.45, 2.75) is 26.3 Å². The summed E-state index contributed by atoms with van der Waals surface area (Å²) in [5, 5.41) is 0. The zero-order valence-corrected chi connectivity index (χ0v) is 16.5. The molecule has 0 aliphatic carbocycles. The number of anilines is 2. The first-order valence-electron chi connectivity index (χ1n) is 9.24. The minimum absolute atomic E-state index is 0.0464. The van der Waals surface area contributed by atoms with Gasteiger partial charge >= 0.3 is 0 Å². The van der Waals surface area contributed by atoms with Gasteiger partial charge in [-0.05, 0) is 38.5 Å². The first-order chi connectivity index (χ1) is 12.9. The molecule has 2 heterocycles. The van der Waals surface area contributed by atoms with Gasteiger partial charge < -0.3 is 9.80 Å². The van der Waals surface area contributed by atoms with Crippen LogP contribution in [0.25, 0.3) is 0 Å². The Kier molecular flexibility index (Phi) is 5.79. The Bertz CT molecular complexity index is 900. The molecule has 144 valence electrons. The van der Waals surface area contributed by atoms with Gasteiger partial charge in [0.1, 0.15) is 0 Å². The van der Waals surface area contributed by atoms with Crippen LogP contribution in [0, 0.1) is 0 Å². The second kappa shape index (κ2) is 8.08. The Morgan fingerprint density at radius 2 is 1.85 bits per heavy atom. The molecule has 2 aromatic rings. The van der Waals surface area contributed by atoms with Gasteiger partial charge in [-0.15, -0.1) is 0 Å². The fraction of sp³-hybridized carbons (Fsp3) is 0.400. The molecule has 0 bridgehead atoms. The van der Waals surface area contributed by atoms with Crippen LogP contribution in [0.2, 0.25) is 0 Å². The zero-order chi connectivity index (χ0) is 19.4. The Hall–Kier alpha value is -2.41. The highest BCUT2D eigenvalue weighted by Crippen LogP contribution is 2.26. The monoisotopic (exact) mass is 387 g/mol. The number of rotatable bonds is 6. The maximum Gasteiger partial charge on any atom is 0.255 e. The number of hydrogen-bond donors (Lipinski definition) is 0. The average molecular weight is 388 g/mol. The van der Waals surface area contributed by atoms with Gasteiger partial charge in [-0.25, -0.2) is 8.42 Å². The van der Waals surface area contributed by atoms with Crippen molar-refractivity contribution in [2.75, 3.05) is 29.5 Å². The van der Waals surface area contributed by atoms with Crippen LogP contribution in [-0.2, 0) is 9.84 Å². The Morgan fingerprint density at radius 1 is 1.11 bits per heavy atom. The number of benzene rings is 1. The number of hydrogen-bond acceptors (Lipinski definition) is 5. The Morgan fingerprint density at radius 3 is 2.44 bits per heavy atom. The maximum absolute atomic E-state index is 13.0. The Balaban J connectivity index is 1.86. The van der Waals surface area contributed by atoms with Gasteiger partial charge in [-0.2, -0.15) is 0 Å². The van der Waals surface area contributed by atoms with Crippen molar-refractivity contribution in [2.24, 2.45) is 0 Å². The topological polar surface area (TPSA) is 70.6 Å². The first kappa shape index (κ1) is 19.4. The normalized spacial score (nSPS) is 18.2. The van der Waals surface area contributed by atoms with E-state index in [0.717, 1.165) is 17.9 Å². The molecule has 1 aromatic carbocycles. The molecular weight excluding hydrogens is 362 g/mol. The summed E-state index contributed by atoms with van der Waals surface area (Å²) < 4.78 is 23.6. The molecule has 1 aromatic heterocycles. The average Bonchev–Trinajstić information content (AvgIpc) is 3.03. The van der Waals surface area contributed by atoms with E-state index < -0.39 is 9.84 Å². The van der Waals surface area contributed by atoms with E-state index in [4.69, 9.17) is 0 Å². The summed E-state index contributed by atoms with van der Waals surface area (Å²) >= 11 is 0. The number of pyridine rings is 1. The van der Waals surface area contributed by atoms with Gasteiger partial charge in [0.25, 0.3) is 5.91 Å². The number of aromatic nitrogens is 1. The fourth-order valence-corrected chi connectivity index (χ4v) is 5.30. The Labute approximate surface area is 160 Å². The molecule has 1 amide bonds. The smallest absolute Gasteiger partial charge is 0.255 e. The minimum Gasteiger partial charge on any atom is -0.340 e. The minimum atomic E-state index is -3.05. The third-order valence-corrected chi connectivity index (χ3v) is 6.67. The van der Waals surface area contributed by atoms with Crippen LogP contribution in [0.1, 0.15) is 30.6 Å². The molecule has 3 rings (SSSR count). The quantitative estimate of drug-likeness (QED) is 0.762. The molecule has 7 heteroatoms. The van der Waals surface area contributed by atoms with Crippen molar-refractivity contribution in [1.82, 2.24) is 9.88 Å². The fourth-order valence-electron chi connectivity index (χ4n) is 3.57. The molecule has 0 spiro atoms.